The number of hydrogen-bond acceptors (Lipinski definition) is 0. The van der Waals surface area contributed by atoms with Crippen LogP contribution < -0.4 is 0 Å². The first-order valence-corrected chi connectivity index (χ1v) is 21.4. The summed E-state index contributed by atoms with van der Waals surface area (Å²) in [6, 6.07) is 51.5. The highest BCUT2D eigenvalue weighted by atomic mass is 14.4. The summed E-state index contributed by atoms with van der Waals surface area (Å²) in [6.45, 7) is 4.83. The molecule has 8 aromatic carbocycles. The van der Waals surface area contributed by atoms with Gasteiger partial charge in [-0.05, 0) is 171 Å². The fraction of sp³-hybridized carbons (Fsp3) is 0.119. The number of fused-ring (bicyclic) bond motifs is 3. The molecule has 278 valence electrons. The van der Waals surface area contributed by atoms with Gasteiger partial charge in [0.15, 0.2) is 0 Å². The smallest absolute Gasteiger partial charge is 0.0159 e. The topological polar surface area (TPSA) is 0 Å². The minimum atomic E-state index is -0.140. The number of allylic oxidation sites excluding steroid dienone is 6. The minimum Gasteiger partial charge on any atom is -0.0795 e. The molecule has 0 aromatic heterocycles. The molecule has 0 radical (unpaired) electrons. The van der Waals surface area contributed by atoms with Crippen molar-refractivity contribution in [2.75, 3.05) is 0 Å². The van der Waals surface area contributed by atoms with E-state index in [1.54, 1.807) is 0 Å². The fourth-order valence-electron chi connectivity index (χ4n) is 11.4. The zero-order valence-corrected chi connectivity index (χ0v) is 33.5. The van der Waals surface area contributed by atoms with Crippen LogP contribution in [0, 0.1) is 0 Å². The van der Waals surface area contributed by atoms with Crippen molar-refractivity contribution in [2.45, 2.75) is 44.9 Å². The van der Waals surface area contributed by atoms with E-state index in [1.165, 1.54) is 133 Å². The van der Waals surface area contributed by atoms with E-state index in [1.807, 2.05) is 0 Å². The molecule has 0 heteroatoms. The first-order valence-electron chi connectivity index (χ1n) is 21.4. The van der Waals surface area contributed by atoms with Gasteiger partial charge in [-0.3, -0.25) is 0 Å². The zero-order chi connectivity index (χ0) is 39.0. The standard InChI is InChI=1S/C59H42/c1-59(2)53-33-43(25-29-49(53)50-30-26-44(34-54(50)59)48-28-22-42-20-18-38-8-6-10-40-24-32-52(48)58(42)56(38)40)46-12-4-3-11-45(46)35-13-15-36(16-14-35)47-27-21-41-19-17-37-7-5-9-39-23-31-51(47)57(41)55(37)39/h3-6,9-18,21-34H,7-8,19-20H2,1-2H3. The Hall–Kier alpha value is -6.76. The molecule has 0 unspecified atom stereocenters. The van der Waals surface area contributed by atoms with E-state index < -0.39 is 0 Å². The van der Waals surface area contributed by atoms with Gasteiger partial charge in [-0.2, -0.15) is 0 Å². The largest absolute Gasteiger partial charge is 0.0795 e. The predicted octanol–water partition coefficient (Wildman–Crippen LogP) is 15.7. The molecule has 0 atom stereocenters. The third-order valence-corrected chi connectivity index (χ3v) is 14.4. The highest BCUT2D eigenvalue weighted by Crippen LogP contribution is 2.52. The number of hydrogen-bond donors (Lipinski definition) is 0. The summed E-state index contributed by atoms with van der Waals surface area (Å²) in [4.78, 5) is 0. The Labute approximate surface area is 346 Å². The van der Waals surface area contributed by atoms with Crippen LogP contribution in [0.5, 0.6) is 0 Å². The highest BCUT2D eigenvalue weighted by molar-refractivity contribution is 6.10. The van der Waals surface area contributed by atoms with Gasteiger partial charge in [-0.15, -0.1) is 0 Å². The van der Waals surface area contributed by atoms with Gasteiger partial charge in [0.25, 0.3) is 0 Å². The maximum absolute atomic E-state index is 2.49. The Morgan fingerprint density at radius 2 is 0.831 bits per heavy atom. The molecule has 0 saturated heterocycles. The van der Waals surface area contributed by atoms with Crippen molar-refractivity contribution in [3.8, 4) is 55.6 Å². The van der Waals surface area contributed by atoms with E-state index in [4.69, 9.17) is 0 Å². The van der Waals surface area contributed by atoms with E-state index in [-0.39, 0.29) is 5.41 Å². The molecule has 0 amide bonds. The van der Waals surface area contributed by atoms with Gasteiger partial charge in [0.05, 0.1) is 0 Å². The van der Waals surface area contributed by atoms with Crippen molar-refractivity contribution >= 4 is 44.8 Å². The molecule has 0 fully saturated rings. The van der Waals surface area contributed by atoms with Crippen LogP contribution in [0.3, 0.4) is 0 Å². The Morgan fingerprint density at radius 3 is 1.37 bits per heavy atom. The highest BCUT2D eigenvalue weighted by Gasteiger charge is 2.36. The quantitative estimate of drug-likeness (QED) is 0.168. The average Bonchev–Trinajstić information content (AvgIpc) is 3.52. The molecule has 0 heterocycles. The van der Waals surface area contributed by atoms with Gasteiger partial charge in [0, 0.05) is 5.41 Å². The normalized spacial score (nSPS) is 15.9. The van der Waals surface area contributed by atoms with Gasteiger partial charge >= 0.3 is 0 Å². The second kappa shape index (κ2) is 12.1. The first-order chi connectivity index (χ1) is 29.0. The first kappa shape index (κ1) is 33.2. The molecule has 0 saturated carbocycles. The van der Waals surface area contributed by atoms with Crippen LogP contribution in [-0.2, 0) is 18.3 Å². The molecule has 8 aromatic rings. The Bertz CT molecular complexity index is 3320. The van der Waals surface area contributed by atoms with Gasteiger partial charge in [-0.1, -0.05) is 172 Å². The second-order valence-corrected chi connectivity index (χ2v) is 17.8. The lowest BCUT2D eigenvalue weighted by atomic mass is 9.78. The summed E-state index contributed by atoms with van der Waals surface area (Å²) in [5.41, 5.74) is 27.1. The third-order valence-electron chi connectivity index (χ3n) is 14.4. The molecule has 0 aliphatic heterocycles. The van der Waals surface area contributed by atoms with Crippen molar-refractivity contribution in [3.05, 3.63) is 202 Å². The Balaban J connectivity index is 0.857. The fourth-order valence-corrected chi connectivity index (χ4v) is 11.4. The molecular weight excluding hydrogens is 709 g/mol. The summed E-state index contributed by atoms with van der Waals surface area (Å²) in [6.07, 6.45) is 18.2. The summed E-state index contributed by atoms with van der Waals surface area (Å²) in [5, 5.41) is 5.64. The van der Waals surface area contributed by atoms with Crippen molar-refractivity contribution in [1.82, 2.24) is 0 Å². The Kier molecular flexibility index (Phi) is 6.84. The van der Waals surface area contributed by atoms with E-state index in [0.29, 0.717) is 0 Å². The maximum Gasteiger partial charge on any atom is 0.0159 e. The van der Waals surface area contributed by atoms with Crippen molar-refractivity contribution < 1.29 is 0 Å². The molecule has 0 bridgehead atoms. The van der Waals surface area contributed by atoms with Crippen molar-refractivity contribution in [2.24, 2.45) is 0 Å². The lowest BCUT2D eigenvalue weighted by molar-refractivity contribution is 0.661. The van der Waals surface area contributed by atoms with Gasteiger partial charge in [0.2, 0.25) is 0 Å². The monoisotopic (exact) mass is 750 g/mol. The maximum atomic E-state index is 2.49. The third kappa shape index (κ3) is 4.72. The van der Waals surface area contributed by atoms with Gasteiger partial charge in [0.1, 0.15) is 0 Å². The molecule has 0 spiro atoms. The van der Waals surface area contributed by atoms with E-state index in [9.17, 15) is 0 Å². The van der Waals surface area contributed by atoms with Crippen LogP contribution in [0.4, 0.5) is 0 Å². The van der Waals surface area contributed by atoms with Crippen LogP contribution in [0.25, 0.3) is 100 Å². The molecule has 5 aliphatic rings. The molecule has 5 aliphatic carbocycles. The van der Waals surface area contributed by atoms with Gasteiger partial charge < -0.3 is 0 Å². The second-order valence-electron chi connectivity index (χ2n) is 17.8. The average molecular weight is 751 g/mol. The SMILES string of the molecule is CC1(C)c2cc(-c3ccccc3-c3ccc(-c4ccc5c6c7c(ccc46)C=CCC7=CC5)cc3)ccc2-c2ccc(-c3ccc4c5c6c(ccc35)C=CCC6=CC4)cc21. The molecule has 0 nitrogen and oxygen atoms in total. The lowest BCUT2D eigenvalue weighted by Crippen LogP contribution is -2.15. The summed E-state index contributed by atoms with van der Waals surface area (Å²) < 4.78 is 0. The minimum absolute atomic E-state index is 0.140. The molecule has 59 heavy (non-hydrogen) atoms. The summed E-state index contributed by atoms with van der Waals surface area (Å²) >= 11 is 0. The van der Waals surface area contributed by atoms with Crippen LogP contribution in [0.2, 0.25) is 0 Å². The Morgan fingerprint density at radius 1 is 0.390 bits per heavy atom. The lowest BCUT2D eigenvalue weighted by Gasteiger charge is -2.25. The van der Waals surface area contributed by atoms with E-state index in [2.05, 4.69) is 184 Å². The van der Waals surface area contributed by atoms with Crippen molar-refractivity contribution in [3.63, 3.8) is 0 Å². The summed E-state index contributed by atoms with van der Waals surface area (Å²) in [5.74, 6) is 0. The van der Waals surface area contributed by atoms with E-state index >= 15 is 0 Å². The van der Waals surface area contributed by atoms with Crippen LogP contribution in [0.15, 0.2) is 158 Å². The van der Waals surface area contributed by atoms with Gasteiger partial charge in [-0.25, -0.2) is 0 Å². The zero-order valence-electron chi connectivity index (χ0n) is 33.5. The van der Waals surface area contributed by atoms with Crippen molar-refractivity contribution in [1.29, 1.82) is 0 Å². The predicted molar refractivity (Wildman–Crippen MR) is 251 cm³/mol. The van der Waals surface area contributed by atoms with E-state index in [0.717, 1.165) is 25.7 Å². The number of rotatable bonds is 4. The molecule has 0 N–H and O–H groups in total. The molecular formula is C59H42. The summed E-state index contributed by atoms with van der Waals surface area (Å²) in [7, 11) is 0. The van der Waals surface area contributed by atoms with Crippen LogP contribution in [-0.4, -0.2) is 0 Å². The van der Waals surface area contributed by atoms with Crippen LogP contribution >= 0.6 is 0 Å². The molecule has 13 rings (SSSR count). The van der Waals surface area contributed by atoms with Crippen LogP contribution in [0.1, 0.15) is 71.2 Å². The number of benzene rings is 8.